The predicted octanol–water partition coefficient (Wildman–Crippen LogP) is 2.48. The fourth-order valence-electron chi connectivity index (χ4n) is 1.90. The fraction of sp³-hybridized carbons (Fsp3) is 0.500. The van der Waals surface area contributed by atoms with Gasteiger partial charge in [-0.25, -0.2) is 0 Å². The zero-order valence-electron chi connectivity index (χ0n) is 8.85. The van der Waals surface area contributed by atoms with Gasteiger partial charge in [0.05, 0.1) is 13.2 Å². The van der Waals surface area contributed by atoms with Crippen LogP contribution in [0.4, 0.5) is 0 Å². The fourth-order valence-corrected chi connectivity index (χ4v) is 3.19. The molecule has 82 valence electrons. The zero-order valence-corrected chi connectivity index (χ0v) is 9.67. The van der Waals surface area contributed by atoms with Gasteiger partial charge in [-0.15, -0.1) is 0 Å². The van der Waals surface area contributed by atoms with Crippen LogP contribution >= 0.6 is 11.8 Å². The summed E-state index contributed by atoms with van der Waals surface area (Å²) in [7, 11) is 1.65. The van der Waals surface area contributed by atoms with E-state index in [1.807, 2.05) is 36.0 Å². The molecule has 3 heteroatoms. The van der Waals surface area contributed by atoms with E-state index in [1.54, 1.807) is 7.11 Å². The van der Waals surface area contributed by atoms with Crippen LogP contribution in [0.2, 0.25) is 0 Å². The Morgan fingerprint density at radius 2 is 2.40 bits per heavy atom. The number of benzene rings is 1. The monoisotopic (exact) mass is 224 g/mol. The lowest BCUT2D eigenvalue weighted by Gasteiger charge is -2.17. The van der Waals surface area contributed by atoms with Crippen LogP contribution in [0.3, 0.4) is 0 Å². The highest BCUT2D eigenvalue weighted by Crippen LogP contribution is 2.34. The molecule has 2 unspecified atom stereocenters. The zero-order chi connectivity index (χ0) is 10.7. The molecular formula is C12H16O2S. The van der Waals surface area contributed by atoms with Crippen molar-refractivity contribution in [2.45, 2.75) is 12.5 Å². The lowest BCUT2D eigenvalue weighted by molar-refractivity contribution is 0.121. The van der Waals surface area contributed by atoms with Crippen molar-refractivity contribution in [2.75, 3.05) is 18.6 Å². The van der Waals surface area contributed by atoms with Crippen LogP contribution in [-0.2, 0) is 0 Å². The first-order valence-electron chi connectivity index (χ1n) is 5.21. The number of ether oxygens (including phenoxy) is 1. The Labute approximate surface area is 94.6 Å². The maximum atomic E-state index is 10.2. The van der Waals surface area contributed by atoms with E-state index >= 15 is 0 Å². The molecule has 1 fully saturated rings. The lowest BCUT2D eigenvalue weighted by Crippen LogP contribution is -2.11. The summed E-state index contributed by atoms with van der Waals surface area (Å²) in [5.74, 6) is 3.46. The van der Waals surface area contributed by atoms with Crippen molar-refractivity contribution in [3.05, 3.63) is 29.8 Å². The Hall–Kier alpha value is -0.670. The molecular weight excluding hydrogens is 208 g/mol. The van der Waals surface area contributed by atoms with Crippen molar-refractivity contribution in [1.29, 1.82) is 0 Å². The molecule has 2 atom stereocenters. The second-order valence-electron chi connectivity index (χ2n) is 3.85. The van der Waals surface area contributed by atoms with Gasteiger partial charge in [0.2, 0.25) is 0 Å². The number of methoxy groups -OCH3 is 1. The van der Waals surface area contributed by atoms with Gasteiger partial charge in [-0.2, -0.15) is 11.8 Å². The highest BCUT2D eigenvalue weighted by Gasteiger charge is 2.24. The molecule has 0 aliphatic carbocycles. The van der Waals surface area contributed by atoms with E-state index in [4.69, 9.17) is 4.74 Å². The van der Waals surface area contributed by atoms with E-state index in [0.29, 0.717) is 5.92 Å². The third kappa shape index (κ3) is 2.47. The number of aliphatic hydroxyl groups is 1. The molecule has 0 radical (unpaired) electrons. The van der Waals surface area contributed by atoms with Crippen molar-refractivity contribution < 1.29 is 9.84 Å². The first-order valence-corrected chi connectivity index (χ1v) is 6.36. The first-order chi connectivity index (χ1) is 7.31. The van der Waals surface area contributed by atoms with Crippen LogP contribution in [0.25, 0.3) is 0 Å². The summed E-state index contributed by atoms with van der Waals surface area (Å²) in [6.45, 7) is 0. The van der Waals surface area contributed by atoms with Gasteiger partial charge in [0.15, 0.2) is 0 Å². The number of aliphatic hydroxyl groups excluding tert-OH is 1. The van der Waals surface area contributed by atoms with E-state index < -0.39 is 0 Å². The molecule has 1 aliphatic rings. The van der Waals surface area contributed by atoms with Crippen molar-refractivity contribution >= 4 is 11.8 Å². The summed E-state index contributed by atoms with van der Waals surface area (Å²) in [4.78, 5) is 0. The minimum Gasteiger partial charge on any atom is -0.497 e. The summed E-state index contributed by atoms with van der Waals surface area (Å²) >= 11 is 1.92. The SMILES string of the molecule is COc1cccc(C(O)C2CCSC2)c1. The molecule has 1 aromatic carbocycles. The molecule has 15 heavy (non-hydrogen) atoms. The van der Waals surface area contributed by atoms with Gasteiger partial charge in [0, 0.05) is 0 Å². The molecule has 1 aliphatic heterocycles. The quantitative estimate of drug-likeness (QED) is 0.855. The maximum absolute atomic E-state index is 10.2. The van der Waals surface area contributed by atoms with Gasteiger partial charge in [-0.1, -0.05) is 12.1 Å². The van der Waals surface area contributed by atoms with E-state index in [0.717, 1.165) is 23.5 Å². The number of rotatable bonds is 3. The van der Waals surface area contributed by atoms with Crippen molar-refractivity contribution in [3.63, 3.8) is 0 Å². The highest BCUT2D eigenvalue weighted by atomic mass is 32.2. The topological polar surface area (TPSA) is 29.5 Å². The van der Waals surface area contributed by atoms with Crippen LogP contribution in [-0.4, -0.2) is 23.7 Å². The Kier molecular flexibility index (Phi) is 3.54. The maximum Gasteiger partial charge on any atom is 0.119 e. The van der Waals surface area contributed by atoms with Crippen LogP contribution in [0, 0.1) is 5.92 Å². The second kappa shape index (κ2) is 4.90. The minimum absolute atomic E-state index is 0.338. The third-order valence-electron chi connectivity index (χ3n) is 2.85. The van der Waals surface area contributed by atoms with Crippen LogP contribution < -0.4 is 4.74 Å². The third-order valence-corrected chi connectivity index (χ3v) is 4.03. The number of hydrogen-bond donors (Lipinski definition) is 1. The minimum atomic E-state index is -0.338. The molecule has 0 bridgehead atoms. The van der Waals surface area contributed by atoms with Crippen molar-refractivity contribution in [1.82, 2.24) is 0 Å². The standard InChI is InChI=1S/C12H16O2S/c1-14-11-4-2-3-9(7-11)12(13)10-5-6-15-8-10/h2-4,7,10,12-13H,5-6,8H2,1H3. The van der Waals surface area contributed by atoms with Crippen LogP contribution in [0.5, 0.6) is 5.75 Å². The Morgan fingerprint density at radius 1 is 1.53 bits per heavy atom. The summed E-state index contributed by atoms with van der Waals surface area (Å²) in [6, 6.07) is 7.73. The highest BCUT2D eigenvalue weighted by molar-refractivity contribution is 7.99. The van der Waals surface area contributed by atoms with Gasteiger partial charge in [0.1, 0.15) is 5.75 Å². The molecule has 1 saturated heterocycles. The number of thioether (sulfide) groups is 1. The number of hydrogen-bond acceptors (Lipinski definition) is 3. The van der Waals surface area contributed by atoms with E-state index in [9.17, 15) is 5.11 Å². The van der Waals surface area contributed by atoms with Crippen LogP contribution in [0.1, 0.15) is 18.1 Å². The predicted molar refractivity (Wildman–Crippen MR) is 63.4 cm³/mol. The lowest BCUT2D eigenvalue weighted by atomic mass is 9.95. The average molecular weight is 224 g/mol. The van der Waals surface area contributed by atoms with E-state index in [2.05, 4.69) is 0 Å². The molecule has 2 rings (SSSR count). The summed E-state index contributed by atoms with van der Waals surface area (Å²) in [5, 5.41) is 10.2. The molecule has 0 aromatic heterocycles. The van der Waals surface area contributed by atoms with Gasteiger partial charge in [-0.05, 0) is 41.5 Å². The molecule has 1 aromatic rings. The Bertz CT molecular complexity index is 321. The van der Waals surface area contributed by atoms with E-state index in [1.165, 1.54) is 5.75 Å². The molecule has 0 amide bonds. The Morgan fingerprint density at radius 3 is 3.07 bits per heavy atom. The van der Waals surface area contributed by atoms with Gasteiger partial charge in [-0.3, -0.25) is 0 Å². The largest absolute Gasteiger partial charge is 0.497 e. The Balaban J connectivity index is 2.13. The summed E-state index contributed by atoms with van der Waals surface area (Å²) in [6.07, 6.45) is 0.776. The van der Waals surface area contributed by atoms with E-state index in [-0.39, 0.29) is 6.10 Å². The van der Waals surface area contributed by atoms with Gasteiger partial charge >= 0.3 is 0 Å². The molecule has 0 spiro atoms. The van der Waals surface area contributed by atoms with Gasteiger partial charge < -0.3 is 9.84 Å². The molecule has 1 heterocycles. The van der Waals surface area contributed by atoms with Crippen molar-refractivity contribution in [3.8, 4) is 5.75 Å². The second-order valence-corrected chi connectivity index (χ2v) is 4.99. The smallest absolute Gasteiger partial charge is 0.119 e. The molecule has 2 nitrogen and oxygen atoms in total. The molecule has 0 saturated carbocycles. The van der Waals surface area contributed by atoms with Crippen LogP contribution in [0.15, 0.2) is 24.3 Å². The normalized spacial score (nSPS) is 22.7. The first kappa shape index (κ1) is 10.8. The van der Waals surface area contributed by atoms with Gasteiger partial charge in [0.25, 0.3) is 0 Å². The summed E-state index contributed by atoms with van der Waals surface area (Å²) < 4.78 is 5.15. The average Bonchev–Trinajstić information content (AvgIpc) is 2.81. The summed E-state index contributed by atoms with van der Waals surface area (Å²) in [5.41, 5.74) is 0.974. The molecule has 1 N–H and O–H groups in total. The van der Waals surface area contributed by atoms with Crippen molar-refractivity contribution in [2.24, 2.45) is 5.92 Å².